The van der Waals surface area contributed by atoms with E-state index in [4.69, 9.17) is 4.74 Å². The Hall–Kier alpha value is -3.60. The molecule has 1 aromatic carbocycles. The standard InChI is InChI=1S/C23H28N4O7/c1-33-15-9-6-13(7-10-15)24-23(32)26-16-5-3-2-4-14-8-11-18(27(14)21(16)30)20(29)25-17-12-19(28)34-22(17)31/h2-3,6-7,9-10,14,16-18,22,31H,4-5,8,11-12H2,1H3,(H,25,29)(H2,24,26,32)/t14-,16+,17?,18+,22?/m1/s1. The van der Waals surface area contributed by atoms with Gasteiger partial charge in [-0.05, 0) is 49.9 Å². The molecule has 0 spiro atoms. The lowest BCUT2D eigenvalue weighted by atomic mass is 10.0. The smallest absolute Gasteiger partial charge is 0.319 e. The zero-order valence-corrected chi connectivity index (χ0v) is 18.7. The van der Waals surface area contributed by atoms with Crippen molar-refractivity contribution >= 4 is 29.5 Å². The molecule has 34 heavy (non-hydrogen) atoms. The van der Waals surface area contributed by atoms with Crippen molar-refractivity contribution in [1.82, 2.24) is 15.5 Å². The van der Waals surface area contributed by atoms with Gasteiger partial charge < -0.3 is 35.4 Å². The topological polar surface area (TPSA) is 146 Å². The molecule has 3 heterocycles. The molecule has 182 valence electrons. The number of aliphatic hydroxyl groups excluding tert-OH is 1. The molecule has 4 amide bonds. The third kappa shape index (κ3) is 5.14. The van der Waals surface area contributed by atoms with Gasteiger partial charge in [-0.25, -0.2) is 4.79 Å². The van der Waals surface area contributed by atoms with Crippen LogP contribution in [-0.2, 0) is 19.1 Å². The van der Waals surface area contributed by atoms with Gasteiger partial charge in [0.25, 0.3) is 0 Å². The van der Waals surface area contributed by atoms with Crippen LogP contribution in [0.1, 0.15) is 32.1 Å². The Labute approximate surface area is 196 Å². The number of anilines is 1. The van der Waals surface area contributed by atoms with Crippen molar-refractivity contribution in [2.45, 2.75) is 62.6 Å². The Morgan fingerprint density at radius 1 is 1.09 bits per heavy atom. The third-order valence-corrected chi connectivity index (χ3v) is 6.27. The highest BCUT2D eigenvalue weighted by Crippen LogP contribution is 2.30. The van der Waals surface area contributed by atoms with E-state index < -0.39 is 42.3 Å². The number of aliphatic hydroxyl groups is 1. The summed E-state index contributed by atoms with van der Waals surface area (Å²) in [6, 6.07) is 3.58. The maximum atomic E-state index is 13.4. The van der Waals surface area contributed by atoms with Gasteiger partial charge in [-0.15, -0.1) is 0 Å². The molecule has 5 atom stereocenters. The van der Waals surface area contributed by atoms with E-state index in [-0.39, 0.29) is 24.8 Å². The minimum Gasteiger partial charge on any atom is -0.497 e. The van der Waals surface area contributed by atoms with Crippen LogP contribution in [0.5, 0.6) is 5.75 Å². The third-order valence-electron chi connectivity index (χ3n) is 6.27. The summed E-state index contributed by atoms with van der Waals surface area (Å²) >= 11 is 0. The molecule has 2 unspecified atom stereocenters. The fourth-order valence-electron chi connectivity index (χ4n) is 4.54. The summed E-state index contributed by atoms with van der Waals surface area (Å²) < 4.78 is 9.78. The molecule has 0 saturated carbocycles. The van der Waals surface area contributed by atoms with Gasteiger partial charge in [-0.2, -0.15) is 0 Å². The van der Waals surface area contributed by atoms with E-state index in [0.717, 1.165) is 0 Å². The van der Waals surface area contributed by atoms with Crippen molar-refractivity contribution in [3.05, 3.63) is 36.4 Å². The van der Waals surface area contributed by atoms with Gasteiger partial charge in [0.2, 0.25) is 18.1 Å². The monoisotopic (exact) mass is 472 g/mol. The lowest BCUT2D eigenvalue weighted by Gasteiger charge is -2.34. The Kier molecular flexibility index (Phi) is 7.01. The van der Waals surface area contributed by atoms with Gasteiger partial charge in [0.15, 0.2) is 0 Å². The first-order valence-electron chi connectivity index (χ1n) is 11.2. The summed E-state index contributed by atoms with van der Waals surface area (Å²) in [6.07, 6.45) is 4.24. The number of nitrogens with one attached hydrogen (secondary N) is 3. The van der Waals surface area contributed by atoms with Crippen molar-refractivity contribution in [3.8, 4) is 5.75 Å². The number of carbonyl (C=O) groups is 4. The van der Waals surface area contributed by atoms with Crippen molar-refractivity contribution in [3.63, 3.8) is 0 Å². The van der Waals surface area contributed by atoms with Gasteiger partial charge in [0.1, 0.15) is 23.9 Å². The molecule has 2 saturated heterocycles. The number of ether oxygens (including phenoxy) is 2. The number of methoxy groups -OCH3 is 1. The van der Waals surface area contributed by atoms with Gasteiger partial charge in [0, 0.05) is 11.7 Å². The average molecular weight is 472 g/mol. The first kappa shape index (κ1) is 23.6. The number of urea groups is 1. The first-order chi connectivity index (χ1) is 16.4. The number of esters is 1. The normalized spacial score (nSPS) is 28.4. The van der Waals surface area contributed by atoms with Crippen LogP contribution < -0.4 is 20.7 Å². The van der Waals surface area contributed by atoms with Gasteiger partial charge in [-0.1, -0.05) is 12.2 Å². The Balaban J connectivity index is 1.43. The Bertz CT molecular complexity index is 980. The molecule has 4 N–H and O–H groups in total. The first-order valence-corrected chi connectivity index (χ1v) is 11.2. The number of cyclic esters (lactones) is 1. The SMILES string of the molecule is COc1ccc(NC(=O)N[C@H]2CC=CC[C@@H]3CC[C@@H](C(=O)NC4CC(=O)OC4O)N3C2=O)cc1. The molecular weight excluding hydrogens is 444 g/mol. The summed E-state index contributed by atoms with van der Waals surface area (Å²) in [5, 5.41) is 17.8. The highest BCUT2D eigenvalue weighted by atomic mass is 16.6. The number of nitrogens with zero attached hydrogens (tertiary/aromatic N) is 1. The van der Waals surface area contributed by atoms with Crippen molar-refractivity contribution in [2.24, 2.45) is 0 Å². The molecule has 11 heteroatoms. The summed E-state index contributed by atoms with van der Waals surface area (Å²) in [7, 11) is 1.55. The quantitative estimate of drug-likeness (QED) is 0.363. The van der Waals surface area contributed by atoms with E-state index >= 15 is 0 Å². The molecule has 2 fully saturated rings. The molecule has 3 aliphatic heterocycles. The van der Waals surface area contributed by atoms with E-state index in [1.165, 1.54) is 4.90 Å². The largest absolute Gasteiger partial charge is 0.497 e. The maximum Gasteiger partial charge on any atom is 0.319 e. The van der Waals surface area contributed by atoms with Crippen LogP contribution in [0.15, 0.2) is 36.4 Å². The van der Waals surface area contributed by atoms with Crippen LogP contribution in [-0.4, -0.2) is 71.4 Å². The maximum absolute atomic E-state index is 13.4. The molecule has 3 aliphatic rings. The fourth-order valence-corrected chi connectivity index (χ4v) is 4.54. The summed E-state index contributed by atoms with van der Waals surface area (Å²) in [5.74, 6) is -0.751. The zero-order chi connectivity index (χ0) is 24.2. The van der Waals surface area contributed by atoms with Crippen LogP contribution >= 0.6 is 0 Å². The Morgan fingerprint density at radius 3 is 2.50 bits per heavy atom. The van der Waals surface area contributed by atoms with E-state index in [2.05, 4.69) is 20.7 Å². The van der Waals surface area contributed by atoms with Crippen molar-refractivity contribution in [2.75, 3.05) is 12.4 Å². The highest BCUT2D eigenvalue weighted by molar-refractivity contribution is 5.96. The highest BCUT2D eigenvalue weighted by Gasteiger charge is 2.45. The average Bonchev–Trinajstić information content (AvgIpc) is 3.36. The number of rotatable bonds is 5. The second-order valence-corrected chi connectivity index (χ2v) is 8.51. The molecule has 1 aromatic rings. The molecule has 11 nitrogen and oxygen atoms in total. The molecule has 0 aromatic heterocycles. The minimum absolute atomic E-state index is 0.130. The molecule has 0 radical (unpaired) electrons. The predicted molar refractivity (Wildman–Crippen MR) is 120 cm³/mol. The summed E-state index contributed by atoms with van der Waals surface area (Å²) in [5.41, 5.74) is 0.537. The number of benzene rings is 1. The van der Waals surface area contributed by atoms with Crippen molar-refractivity contribution in [1.29, 1.82) is 0 Å². The molecular formula is C23H28N4O7. The van der Waals surface area contributed by atoms with Gasteiger partial charge in [0.05, 0.1) is 13.5 Å². The van der Waals surface area contributed by atoms with Crippen LogP contribution in [0.25, 0.3) is 0 Å². The van der Waals surface area contributed by atoms with E-state index in [1.807, 2.05) is 12.2 Å². The number of carbonyl (C=O) groups excluding carboxylic acids is 4. The van der Waals surface area contributed by atoms with Gasteiger partial charge >= 0.3 is 12.0 Å². The van der Waals surface area contributed by atoms with Gasteiger partial charge in [-0.3, -0.25) is 14.4 Å². The second-order valence-electron chi connectivity index (χ2n) is 8.51. The van der Waals surface area contributed by atoms with E-state index in [1.54, 1.807) is 31.4 Å². The van der Waals surface area contributed by atoms with Crippen LogP contribution in [0.4, 0.5) is 10.5 Å². The molecule has 4 rings (SSSR count). The number of hydrogen-bond donors (Lipinski definition) is 4. The second kappa shape index (κ2) is 10.1. The van der Waals surface area contributed by atoms with E-state index in [0.29, 0.717) is 30.7 Å². The number of amides is 4. The van der Waals surface area contributed by atoms with Crippen LogP contribution in [0.2, 0.25) is 0 Å². The minimum atomic E-state index is -1.41. The van der Waals surface area contributed by atoms with Crippen LogP contribution in [0, 0.1) is 0 Å². The number of fused-ring (bicyclic) bond motifs is 1. The summed E-state index contributed by atoms with van der Waals surface area (Å²) in [6.45, 7) is 0. The van der Waals surface area contributed by atoms with E-state index in [9.17, 15) is 24.3 Å². The number of hydrogen-bond acceptors (Lipinski definition) is 7. The predicted octanol–water partition coefficient (Wildman–Crippen LogP) is 0.645. The lowest BCUT2D eigenvalue weighted by Crippen LogP contribution is -2.57. The van der Waals surface area contributed by atoms with Crippen molar-refractivity contribution < 1.29 is 33.8 Å². The lowest BCUT2D eigenvalue weighted by molar-refractivity contribution is -0.155. The Morgan fingerprint density at radius 2 is 1.82 bits per heavy atom. The summed E-state index contributed by atoms with van der Waals surface area (Å²) in [4.78, 5) is 51.9. The molecule has 0 aliphatic carbocycles. The van der Waals surface area contributed by atoms with Crippen LogP contribution in [0.3, 0.4) is 0 Å². The fraction of sp³-hybridized carbons (Fsp3) is 0.478. The molecule has 0 bridgehead atoms. The zero-order valence-electron chi connectivity index (χ0n) is 18.7.